The molecule has 1 N–H and O–H groups in total. The Morgan fingerprint density at radius 1 is 0.800 bits per heavy atom. The molecule has 0 aliphatic carbocycles. The fourth-order valence-electron chi connectivity index (χ4n) is 1.34. The highest BCUT2D eigenvalue weighted by molar-refractivity contribution is 5.75. The molecule has 0 amide bonds. The maximum Gasteiger partial charge on any atom is 0.257 e. The van der Waals surface area contributed by atoms with E-state index in [4.69, 9.17) is 0 Å². The summed E-state index contributed by atoms with van der Waals surface area (Å²) in [7, 11) is 0. The predicted molar refractivity (Wildman–Crippen MR) is 59.8 cm³/mol. The van der Waals surface area contributed by atoms with E-state index >= 15 is 0 Å². The molecule has 2 nitrogen and oxygen atoms in total. The van der Waals surface area contributed by atoms with Crippen LogP contribution in [0.25, 0.3) is 0 Å². The lowest BCUT2D eigenvalue weighted by atomic mass is 10.2. The van der Waals surface area contributed by atoms with Gasteiger partial charge in [-0.05, 0) is 12.1 Å². The third-order valence-electron chi connectivity index (χ3n) is 2.09. The van der Waals surface area contributed by atoms with E-state index in [1.165, 1.54) is 0 Å². The molecule has 0 bridgehead atoms. The summed E-state index contributed by atoms with van der Waals surface area (Å²) >= 11 is 0. The molecule has 74 valence electrons. The van der Waals surface area contributed by atoms with Gasteiger partial charge in [0.05, 0.1) is 0 Å². The maximum atomic E-state index is 9.75. The van der Waals surface area contributed by atoms with E-state index < -0.39 is 0 Å². The summed E-state index contributed by atoms with van der Waals surface area (Å²) in [5.41, 5.74) is 1.71. The second kappa shape index (κ2) is 4.42. The number of hydrogen-bond acceptors (Lipinski definition) is 1. The normalized spacial score (nSPS) is 11.3. The standard InChI is InChI=1S/C13H12NO/c15-14(13-9-5-2-6-10-13)11-12-7-3-1-4-8-12/h1-11,15H/q+1/b14-11+. The minimum Gasteiger partial charge on any atom is -0.285 e. The van der Waals surface area contributed by atoms with Crippen LogP contribution in [0.3, 0.4) is 0 Å². The van der Waals surface area contributed by atoms with Gasteiger partial charge in [0.2, 0.25) is 6.21 Å². The molecule has 0 spiro atoms. The molecular formula is C13H12NO+. The van der Waals surface area contributed by atoms with Crippen LogP contribution in [-0.4, -0.2) is 16.2 Å². The van der Waals surface area contributed by atoms with Crippen LogP contribution in [0.15, 0.2) is 60.7 Å². The first-order valence-electron chi connectivity index (χ1n) is 4.79. The van der Waals surface area contributed by atoms with Crippen LogP contribution < -0.4 is 0 Å². The Morgan fingerprint density at radius 3 is 1.93 bits per heavy atom. The predicted octanol–water partition coefficient (Wildman–Crippen LogP) is 2.84. The van der Waals surface area contributed by atoms with Crippen LogP contribution in [0.1, 0.15) is 5.56 Å². The Balaban J connectivity index is 2.29. The van der Waals surface area contributed by atoms with Crippen LogP contribution in [0, 0.1) is 0 Å². The van der Waals surface area contributed by atoms with Crippen molar-refractivity contribution in [3.8, 4) is 0 Å². The van der Waals surface area contributed by atoms with Crippen molar-refractivity contribution in [3.63, 3.8) is 0 Å². The van der Waals surface area contributed by atoms with E-state index in [1.54, 1.807) is 6.21 Å². The molecule has 0 aromatic heterocycles. The summed E-state index contributed by atoms with van der Waals surface area (Å²) in [5, 5.41) is 9.75. The van der Waals surface area contributed by atoms with Gasteiger partial charge in [-0.3, -0.25) is 5.21 Å². The summed E-state index contributed by atoms with van der Waals surface area (Å²) in [5.74, 6) is 0. The van der Waals surface area contributed by atoms with E-state index in [1.807, 2.05) is 60.7 Å². The number of rotatable bonds is 2. The molecule has 2 heteroatoms. The van der Waals surface area contributed by atoms with E-state index in [0.717, 1.165) is 16.0 Å². The number of hydrogen-bond donors (Lipinski definition) is 1. The monoisotopic (exact) mass is 198 g/mol. The van der Waals surface area contributed by atoms with Crippen molar-refractivity contribution < 1.29 is 9.95 Å². The second-order valence-corrected chi connectivity index (χ2v) is 3.22. The fourth-order valence-corrected chi connectivity index (χ4v) is 1.34. The molecule has 0 saturated heterocycles. The third kappa shape index (κ3) is 2.44. The minimum absolute atomic E-state index is 0.751. The Labute approximate surface area is 88.7 Å². The molecule has 2 rings (SSSR count). The van der Waals surface area contributed by atoms with Gasteiger partial charge in [0.15, 0.2) is 0 Å². The minimum atomic E-state index is 0.751. The average Bonchev–Trinajstić information content (AvgIpc) is 2.31. The zero-order valence-electron chi connectivity index (χ0n) is 8.25. The van der Waals surface area contributed by atoms with Gasteiger partial charge in [0.25, 0.3) is 5.69 Å². The molecule has 2 aromatic carbocycles. The Morgan fingerprint density at radius 2 is 1.33 bits per heavy atom. The molecule has 0 unspecified atom stereocenters. The fraction of sp³-hybridized carbons (Fsp3) is 0. The lowest BCUT2D eigenvalue weighted by Crippen LogP contribution is -2.01. The van der Waals surface area contributed by atoms with Gasteiger partial charge in [-0.25, -0.2) is 0 Å². The molecule has 0 saturated carbocycles. The lowest BCUT2D eigenvalue weighted by Gasteiger charge is -1.92. The lowest BCUT2D eigenvalue weighted by molar-refractivity contribution is -0.709. The summed E-state index contributed by atoms with van der Waals surface area (Å²) < 4.78 is 1.12. The van der Waals surface area contributed by atoms with Gasteiger partial charge in [0, 0.05) is 22.4 Å². The molecule has 2 aromatic rings. The van der Waals surface area contributed by atoms with Crippen molar-refractivity contribution in [2.45, 2.75) is 0 Å². The molecule has 0 aliphatic heterocycles. The molecule has 0 fully saturated rings. The van der Waals surface area contributed by atoms with Gasteiger partial charge >= 0.3 is 0 Å². The van der Waals surface area contributed by atoms with Crippen molar-refractivity contribution in [2.24, 2.45) is 0 Å². The van der Waals surface area contributed by atoms with Crippen molar-refractivity contribution in [2.75, 3.05) is 0 Å². The average molecular weight is 198 g/mol. The molecule has 0 radical (unpaired) electrons. The van der Waals surface area contributed by atoms with Gasteiger partial charge in [0.1, 0.15) is 0 Å². The molecule has 0 atom stereocenters. The largest absolute Gasteiger partial charge is 0.285 e. The SMILES string of the molecule is O/[N+](=C/c1ccccc1)c1ccccc1. The topological polar surface area (TPSA) is 23.2 Å². The second-order valence-electron chi connectivity index (χ2n) is 3.22. The van der Waals surface area contributed by atoms with Gasteiger partial charge in [-0.2, -0.15) is 0 Å². The van der Waals surface area contributed by atoms with E-state index in [0.29, 0.717) is 0 Å². The maximum absolute atomic E-state index is 9.75. The Hall–Kier alpha value is -2.09. The van der Waals surface area contributed by atoms with Crippen LogP contribution in [0.5, 0.6) is 0 Å². The first kappa shape index (κ1) is 9.46. The van der Waals surface area contributed by atoms with Gasteiger partial charge in [-0.1, -0.05) is 36.4 Å². The van der Waals surface area contributed by atoms with E-state index in [-0.39, 0.29) is 0 Å². The molecule has 0 heterocycles. The van der Waals surface area contributed by atoms with Gasteiger partial charge in [-0.15, -0.1) is 0 Å². The van der Waals surface area contributed by atoms with Crippen LogP contribution in [-0.2, 0) is 0 Å². The Kier molecular flexibility index (Phi) is 2.79. The van der Waals surface area contributed by atoms with Crippen molar-refractivity contribution in [3.05, 3.63) is 66.2 Å². The molecular weight excluding hydrogens is 186 g/mol. The smallest absolute Gasteiger partial charge is 0.257 e. The van der Waals surface area contributed by atoms with Crippen molar-refractivity contribution >= 4 is 11.9 Å². The quantitative estimate of drug-likeness (QED) is 0.341. The summed E-state index contributed by atoms with van der Waals surface area (Å²) in [6.45, 7) is 0. The number of para-hydroxylation sites is 1. The van der Waals surface area contributed by atoms with Crippen molar-refractivity contribution in [1.82, 2.24) is 0 Å². The summed E-state index contributed by atoms with van der Waals surface area (Å²) in [6.07, 6.45) is 1.68. The third-order valence-corrected chi connectivity index (χ3v) is 2.09. The van der Waals surface area contributed by atoms with E-state index in [9.17, 15) is 5.21 Å². The highest BCUT2D eigenvalue weighted by atomic mass is 16.5. The van der Waals surface area contributed by atoms with Crippen molar-refractivity contribution in [1.29, 1.82) is 0 Å². The van der Waals surface area contributed by atoms with Crippen LogP contribution >= 0.6 is 0 Å². The summed E-state index contributed by atoms with van der Waals surface area (Å²) in [4.78, 5) is 0. The van der Waals surface area contributed by atoms with Crippen LogP contribution in [0.4, 0.5) is 5.69 Å². The van der Waals surface area contributed by atoms with Gasteiger partial charge < -0.3 is 0 Å². The van der Waals surface area contributed by atoms with Crippen LogP contribution in [0.2, 0.25) is 0 Å². The first-order chi connectivity index (χ1) is 7.36. The van der Waals surface area contributed by atoms with E-state index in [2.05, 4.69) is 0 Å². The zero-order chi connectivity index (χ0) is 10.5. The molecule has 15 heavy (non-hydrogen) atoms. The highest BCUT2D eigenvalue weighted by Crippen LogP contribution is 2.08. The number of nitrogens with zero attached hydrogens (tertiary/aromatic N) is 1. The first-order valence-corrected chi connectivity index (χ1v) is 4.79. The zero-order valence-corrected chi connectivity index (χ0v) is 8.25. The Bertz CT molecular complexity index is 448. The number of benzene rings is 2. The molecule has 0 aliphatic rings. The highest BCUT2D eigenvalue weighted by Gasteiger charge is 2.05. The summed E-state index contributed by atoms with van der Waals surface area (Å²) in [6, 6.07) is 19.1.